The lowest BCUT2D eigenvalue weighted by atomic mass is 9.92. The van der Waals surface area contributed by atoms with Crippen molar-refractivity contribution < 1.29 is 5.11 Å². The number of para-hydroxylation sites is 2. The van der Waals surface area contributed by atoms with E-state index in [0.717, 1.165) is 29.8 Å². The molecule has 4 nitrogen and oxygen atoms in total. The molecule has 1 aliphatic heterocycles. The maximum absolute atomic E-state index is 10.2. The fraction of sp³-hybridized carbons (Fsp3) is 0.333. The van der Waals surface area contributed by atoms with Crippen LogP contribution in [0, 0.1) is 11.8 Å². The predicted octanol–water partition coefficient (Wildman–Crippen LogP) is 4.48. The fourth-order valence-electron chi connectivity index (χ4n) is 3.92. The minimum absolute atomic E-state index is 0.212. The number of fused-ring (bicyclic) bond motifs is 1. The smallest absolute Gasteiger partial charge is 0.165 e. The van der Waals surface area contributed by atoms with Gasteiger partial charge in [0.1, 0.15) is 11.6 Å². The number of aromatic nitrogens is 2. The summed E-state index contributed by atoms with van der Waals surface area (Å²) in [5.41, 5.74) is 1.59. The van der Waals surface area contributed by atoms with Crippen LogP contribution in [0.3, 0.4) is 0 Å². The molecule has 2 atom stereocenters. The molecule has 1 fully saturated rings. The summed E-state index contributed by atoms with van der Waals surface area (Å²) >= 11 is 0. The number of hydrogen-bond acceptors (Lipinski definition) is 4. The average molecular weight is 333 g/mol. The molecule has 1 aliphatic rings. The molecule has 1 aromatic heterocycles. The Morgan fingerprint density at radius 3 is 2.36 bits per heavy atom. The van der Waals surface area contributed by atoms with Crippen molar-refractivity contribution in [1.29, 1.82) is 0 Å². The number of rotatable bonds is 2. The highest BCUT2D eigenvalue weighted by Crippen LogP contribution is 2.33. The van der Waals surface area contributed by atoms with Crippen LogP contribution in [-0.2, 0) is 0 Å². The Bertz CT molecular complexity index is 899. The number of anilines is 1. The lowest BCUT2D eigenvalue weighted by Gasteiger charge is -2.36. The third-order valence-electron chi connectivity index (χ3n) is 4.90. The molecule has 2 aromatic carbocycles. The summed E-state index contributed by atoms with van der Waals surface area (Å²) in [5, 5.41) is 11.3. The maximum Gasteiger partial charge on any atom is 0.165 e. The molecule has 25 heavy (non-hydrogen) atoms. The van der Waals surface area contributed by atoms with E-state index in [4.69, 9.17) is 9.97 Å². The van der Waals surface area contributed by atoms with Crippen molar-refractivity contribution in [3.05, 3.63) is 48.5 Å². The van der Waals surface area contributed by atoms with Gasteiger partial charge in [-0.05, 0) is 42.5 Å². The van der Waals surface area contributed by atoms with Crippen molar-refractivity contribution in [2.75, 3.05) is 18.0 Å². The Hall–Kier alpha value is -2.62. The zero-order chi connectivity index (χ0) is 17.4. The van der Waals surface area contributed by atoms with Gasteiger partial charge in [-0.15, -0.1) is 0 Å². The second kappa shape index (κ2) is 6.36. The minimum Gasteiger partial charge on any atom is -0.507 e. The highest BCUT2D eigenvalue weighted by Gasteiger charge is 2.25. The van der Waals surface area contributed by atoms with E-state index in [1.807, 2.05) is 36.4 Å². The van der Waals surface area contributed by atoms with Crippen LogP contribution in [0.25, 0.3) is 22.3 Å². The zero-order valence-electron chi connectivity index (χ0n) is 14.7. The van der Waals surface area contributed by atoms with Gasteiger partial charge in [-0.1, -0.05) is 38.1 Å². The van der Waals surface area contributed by atoms with Crippen LogP contribution in [0.15, 0.2) is 48.5 Å². The Kier molecular flexibility index (Phi) is 4.04. The average Bonchev–Trinajstić information content (AvgIpc) is 2.60. The molecule has 4 rings (SSSR count). The molecule has 1 saturated heterocycles. The summed E-state index contributed by atoms with van der Waals surface area (Å²) < 4.78 is 0. The Morgan fingerprint density at radius 1 is 0.920 bits per heavy atom. The van der Waals surface area contributed by atoms with Crippen molar-refractivity contribution >= 4 is 16.7 Å². The molecule has 0 saturated carbocycles. The Labute approximate surface area is 148 Å². The zero-order valence-corrected chi connectivity index (χ0v) is 14.7. The van der Waals surface area contributed by atoms with Crippen LogP contribution in [-0.4, -0.2) is 28.2 Å². The van der Waals surface area contributed by atoms with Crippen LogP contribution in [0.4, 0.5) is 5.82 Å². The molecule has 128 valence electrons. The molecular formula is C21H23N3O. The number of benzene rings is 2. The minimum atomic E-state index is 0.212. The molecule has 0 spiro atoms. The van der Waals surface area contributed by atoms with Crippen LogP contribution in [0.5, 0.6) is 5.75 Å². The van der Waals surface area contributed by atoms with Gasteiger partial charge in [0.05, 0.1) is 11.1 Å². The third-order valence-corrected chi connectivity index (χ3v) is 4.90. The number of phenols is 1. The predicted molar refractivity (Wildman–Crippen MR) is 102 cm³/mol. The standard InChI is InChI=1S/C21H23N3O/c1-14-11-15(2)13-24(12-14)21-16-7-3-5-9-18(16)22-20(23-21)17-8-4-6-10-19(17)25/h3-10,14-15,25H,11-13H2,1-2H3/t14-,15-/m1/s1. The largest absolute Gasteiger partial charge is 0.507 e. The van der Waals surface area contributed by atoms with Crippen LogP contribution >= 0.6 is 0 Å². The van der Waals surface area contributed by atoms with Crippen molar-refractivity contribution in [1.82, 2.24) is 9.97 Å². The summed E-state index contributed by atoms with van der Waals surface area (Å²) in [6.07, 6.45) is 1.26. The van der Waals surface area contributed by atoms with E-state index in [1.165, 1.54) is 6.42 Å². The summed E-state index contributed by atoms with van der Waals surface area (Å²) in [4.78, 5) is 12.0. The molecule has 0 amide bonds. The van der Waals surface area contributed by atoms with Gasteiger partial charge in [0.25, 0.3) is 0 Å². The molecule has 2 heterocycles. The van der Waals surface area contributed by atoms with Crippen molar-refractivity contribution in [2.24, 2.45) is 11.8 Å². The van der Waals surface area contributed by atoms with E-state index in [9.17, 15) is 5.11 Å². The second-order valence-corrected chi connectivity index (χ2v) is 7.26. The fourth-order valence-corrected chi connectivity index (χ4v) is 3.92. The van der Waals surface area contributed by atoms with Crippen molar-refractivity contribution in [2.45, 2.75) is 20.3 Å². The molecule has 0 unspecified atom stereocenters. The summed E-state index contributed by atoms with van der Waals surface area (Å²) in [5.74, 6) is 3.06. The highest BCUT2D eigenvalue weighted by atomic mass is 16.3. The van der Waals surface area contributed by atoms with Gasteiger partial charge in [-0.2, -0.15) is 0 Å². The Balaban J connectivity index is 1.89. The van der Waals surface area contributed by atoms with E-state index >= 15 is 0 Å². The van der Waals surface area contributed by atoms with Gasteiger partial charge in [0.2, 0.25) is 0 Å². The van der Waals surface area contributed by atoms with Crippen molar-refractivity contribution in [3.8, 4) is 17.1 Å². The molecule has 3 aromatic rings. The molecular weight excluding hydrogens is 310 g/mol. The molecule has 0 radical (unpaired) electrons. The molecule has 4 heteroatoms. The monoisotopic (exact) mass is 333 g/mol. The summed E-state index contributed by atoms with van der Waals surface area (Å²) in [7, 11) is 0. The first-order chi connectivity index (χ1) is 12.1. The van der Waals surface area contributed by atoms with Gasteiger partial charge in [0, 0.05) is 18.5 Å². The lowest BCUT2D eigenvalue weighted by molar-refractivity contribution is 0.356. The van der Waals surface area contributed by atoms with Crippen LogP contribution in [0.1, 0.15) is 20.3 Å². The first-order valence-corrected chi connectivity index (χ1v) is 8.92. The molecule has 0 bridgehead atoms. The van der Waals surface area contributed by atoms with E-state index in [0.29, 0.717) is 23.2 Å². The highest BCUT2D eigenvalue weighted by molar-refractivity contribution is 5.91. The van der Waals surface area contributed by atoms with Gasteiger partial charge >= 0.3 is 0 Å². The quantitative estimate of drug-likeness (QED) is 0.751. The number of piperidine rings is 1. The number of aromatic hydroxyl groups is 1. The SMILES string of the molecule is C[C@@H]1C[C@@H](C)CN(c2nc(-c3ccccc3O)nc3ccccc23)C1. The third kappa shape index (κ3) is 3.04. The van der Waals surface area contributed by atoms with E-state index in [1.54, 1.807) is 6.07 Å². The summed E-state index contributed by atoms with van der Waals surface area (Å²) in [6, 6.07) is 15.4. The van der Waals surface area contributed by atoms with Crippen LogP contribution < -0.4 is 4.90 Å². The Morgan fingerprint density at radius 2 is 1.60 bits per heavy atom. The maximum atomic E-state index is 10.2. The number of nitrogens with zero attached hydrogens (tertiary/aromatic N) is 3. The van der Waals surface area contributed by atoms with Gasteiger partial charge in [-0.3, -0.25) is 0 Å². The van der Waals surface area contributed by atoms with E-state index < -0.39 is 0 Å². The normalized spacial score (nSPS) is 20.8. The molecule has 0 aliphatic carbocycles. The summed E-state index contributed by atoms with van der Waals surface area (Å²) in [6.45, 7) is 6.61. The number of hydrogen-bond donors (Lipinski definition) is 1. The van der Waals surface area contributed by atoms with E-state index in [-0.39, 0.29) is 5.75 Å². The van der Waals surface area contributed by atoms with E-state index in [2.05, 4.69) is 24.8 Å². The first-order valence-electron chi connectivity index (χ1n) is 8.92. The number of phenolic OH excluding ortho intramolecular Hbond substituents is 1. The molecule has 1 N–H and O–H groups in total. The van der Waals surface area contributed by atoms with Gasteiger partial charge < -0.3 is 10.0 Å². The second-order valence-electron chi connectivity index (χ2n) is 7.26. The van der Waals surface area contributed by atoms with Gasteiger partial charge in [0.15, 0.2) is 5.82 Å². The topological polar surface area (TPSA) is 49.2 Å². The van der Waals surface area contributed by atoms with Gasteiger partial charge in [-0.25, -0.2) is 9.97 Å². The first kappa shape index (κ1) is 15.9. The van der Waals surface area contributed by atoms with Crippen LogP contribution in [0.2, 0.25) is 0 Å². The lowest BCUT2D eigenvalue weighted by Crippen LogP contribution is -2.39. The van der Waals surface area contributed by atoms with Crippen molar-refractivity contribution in [3.63, 3.8) is 0 Å².